The van der Waals surface area contributed by atoms with Crippen molar-refractivity contribution in [2.75, 3.05) is 39.6 Å². The molecule has 0 bridgehead atoms. The first kappa shape index (κ1) is 40.3. The van der Waals surface area contributed by atoms with E-state index in [1.807, 2.05) is 6.92 Å². The summed E-state index contributed by atoms with van der Waals surface area (Å²) in [6, 6.07) is 0. The van der Waals surface area contributed by atoms with E-state index in [4.69, 9.17) is 42.6 Å². The summed E-state index contributed by atoms with van der Waals surface area (Å²) in [5.74, 6) is -0.564. The van der Waals surface area contributed by atoms with Crippen LogP contribution in [0.2, 0.25) is 0 Å². The van der Waals surface area contributed by atoms with E-state index in [1.54, 1.807) is 0 Å². The van der Waals surface area contributed by atoms with E-state index in [-0.39, 0.29) is 0 Å². The first-order chi connectivity index (χ1) is 21.8. The Bertz CT molecular complexity index is 756. The Morgan fingerprint density at radius 2 is 1.11 bits per heavy atom. The summed E-state index contributed by atoms with van der Waals surface area (Å²) in [4.78, 5) is 12.2. The van der Waals surface area contributed by atoms with Crippen molar-refractivity contribution in [2.24, 2.45) is 0 Å². The van der Waals surface area contributed by atoms with Crippen LogP contribution in [0.3, 0.4) is 0 Å². The Hall–Kier alpha value is -0.890. The highest BCUT2D eigenvalue weighted by atomic mass is 16.7. The number of esters is 1. The molecule has 10 atom stereocenters. The van der Waals surface area contributed by atoms with Crippen molar-refractivity contribution in [3.63, 3.8) is 0 Å². The lowest BCUT2D eigenvalue weighted by molar-refractivity contribution is -0.366. The second-order valence-corrected chi connectivity index (χ2v) is 12.1. The molecule has 6 unspecified atom stereocenters. The molecule has 45 heavy (non-hydrogen) atoms. The van der Waals surface area contributed by atoms with Gasteiger partial charge < -0.3 is 47.7 Å². The van der Waals surface area contributed by atoms with Gasteiger partial charge in [0.15, 0.2) is 18.7 Å². The third-order valence-corrected chi connectivity index (χ3v) is 8.09. The Morgan fingerprint density at radius 1 is 0.622 bits per heavy atom. The Kier molecular flexibility index (Phi) is 21.0. The predicted octanol–water partition coefficient (Wildman–Crippen LogP) is 5.32. The average molecular weight is 649 g/mol. The van der Waals surface area contributed by atoms with Gasteiger partial charge in [-0.05, 0) is 39.0 Å². The van der Waals surface area contributed by atoms with Crippen molar-refractivity contribution < 1.29 is 52.5 Å². The molecular weight excluding hydrogens is 584 g/mol. The standard InChI is InChI=1S/C34H64O11/c1-8-13-18-37-23-26-28(39-20-15-10-3)29(40-21-16-11-4)32(41-22-17-12-5)34(44-26)45-30-27(38-19-14-9-2)24(6)42-33(36)31(30)43-25(7)35/h24,26-34,36H,8-23H2,1-7H3/t24?,26?,27-,28+,29?,30?,31?,32?,33+,34+/m0/s1. The van der Waals surface area contributed by atoms with Gasteiger partial charge in [0.1, 0.15) is 36.6 Å². The first-order valence-corrected chi connectivity index (χ1v) is 17.7. The fourth-order valence-corrected chi connectivity index (χ4v) is 5.44. The number of carbonyl (C=O) groups is 1. The SMILES string of the molecule is CCCCOCC1O[C@H](OC2C(OC(C)=O)[C@H](O)OC(C)[C@@H]2OCCCC)C(OCCCC)C(OCCCC)[C@@H]1OCCCC. The monoisotopic (exact) mass is 648 g/mol. The van der Waals surface area contributed by atoms with Crippen LogP contribution >= 0.6 is 0 Å². The summed E-state index contributed by atoms with van der Waals surface area (Å²) >= 11 is 0. The number of rotatable bonds is 24. The number of aliphatic hydroxyl groups excluding tert-OH is 1. The fraction of sp³-hybridized carbons (Fsp3) is 0.971. The molecule has 2 aliphatic heterocycles. The van der Waals surface area contributed by atoms with E-state index in [2.05, 4.69) is 34.6 Å². The summed E-state index contributed by atoms with van der Waals surface area (Å²) in [6.45, 7) is 16.6. The lowest BCUT2D eigenvalue weighted by atomic mass is 9.96. The van der Waals surface area contributed by atoms with Crippen LogP contribution in [0, 0.1) is 0 Å². The van der Waals surface area contributed by atoms with Crippen LogP contribution in [0.4, 0.5) is 0 Å². The van der Waals surface area contributed by atoms with Gasteiger partial charge >= 0.3 is 5.97 Å². The minimum Gasteiger partial charge on any atom is -0.454 e. The van der Waals surface area contributed by atoms with Gasteiger partial charge in [-0.3, -0.25) is 4.79 Å². The van der Waals surface area contributed by atoms with Crippen LogP contribution in [0.15, 0.2) is 0 Å². The number of carbonyl (C=O) groups excluding carboxylic acids is 1. The van der Waals surface area contributed by atoms with Gasteiger partial charge in [-0.15, -0.1) is 0 Å². The summed E-state index contributed by atoms with van der Waals surface area (Å²) in [5.41, 5.74) is 0. The summed E-state index contributed by atoms with van der Waals surface area (Å²) in [6.07, 6.45) is 1.63. The smallest absolute Gasteiger partial charge is 0.303 e. The molecule has 2 heterocycles. The molecule has 0 aromatic carbocycles. The van der Waals surface area contributed by atoms with Gasteiger partial charge in [0.05, 0.1) is 12.7 Å². The molecule has 0 aromatic heterocycles. The normalized spacial score (nSPS) is 32.1. The van der Waals surface area contributed by atoms with Crippen LogP contribution < -0.4 is 0 Å². The number of unbranched alkanes of at least 4 members (excludes halogenated alkanes) is 5. The third kappa shape index (κ3) is 13.6. The van der Waals surface area contributed by atoms with Crippen LogP contribution in [0.1, 0.15) is 113 Å². The molecule has 0 aromatic rings. The maximum Gasteiger partial charge on any atom is 0.303 e. The maximum atomic E-state index is 12.2. The van der Waals surface area contributed by atoms with Crippen molar-refractivity contribution >= 4 is 5.97 Å². The highest BCUT2D eigenvalue weighted by Crippen LogP contribution is 2.35. The third-order valence-electron chi connectivity index (χ3n) is 8.09. The fourth-order valence-electron chi connectivity index (χ4n) is 5.44. The zero-order valence-corrected chi connectivity index (χ0v) is 29.1. The Labute approximate surface area is 272 Å². The average Bonchev–Trinajstić information content (AvgIpc) is 3.01. The Balaban J connectivity index is 2.51. The van der Waals surface area contributed by atoms with Crippen LogP contribution in [0.5, 0.6) is 0 Å². The molecule has 11 heteroatoms. The quantitative estimate of drug-likeness (QED) is 0.108. The molecule has 2 fully saturated rings. The van der Waals surface area contributed by atoms with Crippen molar-refractivity contribution in [2.45, 2.75) is 174 Å². The van der Waals surface area contributed by atoms with Crippen molar-refractivity contribution in [1.82, 2.24) is 0 Å². The molecule has 266 valence electrons. The van der Waals surface area contributed by atoms with E-state index in [1.165, 1.54) is 6.92 Å². The Morgan fingerprint density at radius 3 is 1.64 bits per heavy atom. The van der Waals surface area contributed by atoms with Gasteiger partial charge in [0.2, 0.25) is 0 Å². The van der Waals surface area contributed by atoms with Gasteiger partial charge in [-0.25, -0.2) is 0 Å². The minimum absolute atomic E-state index is 0.294. The van der Waals surface area contributed by atoms with E-state index < -0.39 is 67.4 Å². The summed E-state index contributed by atoms with van der Waals surface area (Å²) in [5, 5.41) is 10.9. The summed E-state index contributed by atoms with van der Waals surface area (Å²) < 4.78 is 56.7. The van der Waals surface area contributed by atoms with E-state index >= 15 is 0 Å². The van der Waals surface area contributed by atoms with Gasteiger partial charge in [-0.1, -0.05) is 66.7 Å². The molecule has 2 aliphatic rings. The van der Waals surface area contributed by atoms with Crippen molar-refractivity contribution in [1.29, 1.82) is 0 Å². The lowest BCUT2D eigenvalue weighted by Gasteiger charge is -2.49. The molecular formula is C34H64O11. The first-order valence-electron chi connectivity index (χ1n) is 17.7. The van der Waals surface area contributed by atoms with Crippen LogP contribution in [-0.4, -0.2) is 112 Å². The van der Waals surface area contributed by atoms with Crippen molar-refractivity contribution in [3.8, 4) is 0 Å². The molecule has 0 radical (unpaired) electrons. The molecule has 0 amide bonds. The van der Waals surface area contributed by atoms with Crippen LogP contribution in [-0.2, 0) is 47.4 Å². The van der Waals surface area contributed by atoms with E-state index in [0.29, 0.717) is 39.6 Å². The molecule has 2 rings (SSSR count). The molecule has 0 spiro atoms. The maximum absolute atomic E-state index is 12.2. The van der Waals surface area contributed by atoms with Gasteiger partial charge in [0.25, 0.3) is 0 Å². The number of hydrogen-bond donors (Lipinski definition) is 1. The lowest BCUT2D eigenvalue weighted by Crippen LogP contribution is -2.66. The number of hydrogen-bond acceptors (Lipinski definition) is 11. The number of aliphatic hydroxyl groups is 1. The molecule has 0 aliphatic carbocycles. The van der Waals surface area contributed by atoms with E-state index in [0.717, 1.165) is 64.2 Å². The molecule has 1 N–H and O–H groups in total. The highest BCUT2D eigenvalue weighted by molar-refractivity contribution is 5.66. The van der Waals surface area contributed by atoms with Crippen LogP contribution in [0.25, 0.3) is 0 Å². The van der Waals surface area contributed by atoms with E-state index in [9.17, 15) is 9.90 Å². The number of ether oxygens (including phenoxy) is 9. The zero-order valence-electron chi connectivity index (χ0n) is 29.1. The second-order valence-electron chi connectivity index (χ2n) is 12.1. The van der Waals surface area contributed by atoms with Gasteiger partial charge in [0, 0.05) is 40.0 Å². The van der Waals surface area contributed by atoms with Crippen molar-refractivity contribution in [3.05, 3.63) is 0 Å². The topological polar surface area (TPSA) is 120 Å². The zero-order chi connectivity index (χ0) is 33.0. The second kappa shape index (κ2) is 23.4. The molecule has 11 nitrogen and oxygen atoms in total. The molecule has 2 saturated heterocycles. The van der Waals surface area contributed by atoms with Gasteiger partial charge in [-0.2, -0.15) is 0 Å². The highest BCUT2D eigenvalue weighted by Gasteiger charge is 2.54. The largest absolute Gasteiger partial charge is 0.454 e. The predicted molar refractivity (Wildman–Crippen MR) is 170 cm³/mol. The minimum atomic E-state index is -1.40. The molecule has 0 saturated carbocycles. The summed E-state index contributed by atoms with van der Waals surface area (Å²) in [7, 11) is 0.